The van der Waals surface area contributed by atoms with E-state index in [9.17, 15) is 4.79 Å². The third-order valence-electron chi connectivity index (χ3n) is 5.09. The van der Waals surface area contributed by atoms with E-state index >= 15 is 0 Å². The van der Waals surface area contributed by atoms with Crippen LogP contribution in [0.1, 0.15) is 18.9 Å². The van der Waals surface area contributed by atoms with Gasteiger partial charge in [-0.25, -0.2) is 0 Å². The highest BCUT2D eigenvalue weighted by atomic mass is 32.2. The monoisotopic (exact) mass is 448 g/mol. The van der Waals surface area contributed by atoms with Crippen LogP contribution in [0.3, 0.4) is 0 Å². The van der Waals surface area contributed by atoms with Gasteiger partial charge in [0, 0.05) is 25.3 Å². The smallest absolute Gasteiger partial charge is 0.270 e. The number of anilines is 2. The molecule has 0 saturated carbocycles. The third-order valence-corrected chi connectivity index (χ3v) is 6.39. The lowest BCUT2D eigenvalue weighted by molar-refractivity contribution is -0.113. The lowest BCUT2D eigenvalue weighted by Gasteiger charge is -2.17. The Kier molecular flexibility index (Phi) is 6.30. The van der Waals surface area contributed by atoms with Gasteiger partial charge >= 0.3 is 0 Å². The highest BCUT2D eigenvalue weighted by Gasteiger charge is 2.33. The summed E-state index contributed by atoms with van der Waals surface area (Å²) in [6, 6.07) is 20.0. The predicted octanol–water partition coefficient (Wildman–Crippen LogP) is 6.10. The summed E-state index contributed by atoms with van der Waals surface area (Å²) in [6.07, 6.45) is 2.83. The maximum atomic E-state index is 13.3. The molecule has 158 valence electrons. The molecule has 6 heteroatoms. The Bertz CT molecular complexity index is 1170. The molecular formula is C25H24N2O2S2. The molecule has 1 aliphatic rings. The van der Waals surface area contributed by atoms with Crippen molar-refractivity contribution < 1.29 is 9.53 Å². The van der Waals surface area contributed by atoms with Crippen molar-refractivity contribution in [1.82, 2.24) is 0 Å². The number of thiocarbonyl (C=S) groups is 1. The van der Waals surface area contributed by atoms with E-state index in [1.807, 2.05) is 67.5 Å². The molecule has 3 aromatic carbocycles. The van der Waals surface area contributed by atoms with Gasteiger partial charge in [-0.15, -0.1) is 0 Å². The molecule has 0 spiro atoms. The van der Waals surface area contributed by atoms with E-state index in [1.165, 1.54) is 11.8 Å². The van der Waals surface area contributed by atoms with Crippen LogP contribution in [0.25, 0.3) is 16.8 Å². The van der Waals surface area contributed by atoms with Crippen molar-refractivity contribution in [2.75, 3.05) is 30.5 Å². The number of ether oxygens (including phenoxy) is 1. The van der Waals surface area contributed by atoms with E-state index in [2.05, 4.69) is 25.1 Å². The van der Waals surface area contributed by atoms with Crippen LogP contribution in [-0.4, -0.2) is 30.9 Å². The molecule has 0 unspecified atom stereocenters. The van der Waals surface area contributed by atoms with Gasteiger partial charge in [0.1, 0.15) is 5.75 Å². The summed E-state index contributed by atoms with van der Waals surface area (Å²) >= 11 is 6.89. The molecule has 4 nitrogen and oxygen atoms in total. The minimum absolute atomic E-state index is 0.109. The van der Waals surface area contributed by atoms with E-state index in [0.29, 0.717) is 15.8 Å². The molecular weight excluding hydrogens is 424 g/mol. The molecule has 1 aliphatic heterocycles. The normalized spacial score (nSPS) is 15.2. The van der Waals surface area contributed by atoms with E-state index in [-0.39, 0.29) is 5.91 Å². The second-order valence-electron chi connectivity index (χ2n) is 7.47. The Morgan fingerprint density at radius 3 is 2.52 bits per heavy atom. The van der Waals surface area contributed by atoms with E-state index in [1.54, 1.807) is 4.90 Å². The van der Waals surface area contributed by atoms with E-state index in [0.717, 1.165) is 39.9 Å². The van der Waals surface area contributed by atoms with Gasteiger partial charge in [-0.05, 0) is 53.6 Å². The van der Waals surface area contributed by atoms with Crippen LogP contribution in [0, 0.1) is 0 Å². The average molecular weight is 449 g/mol. The number of amides is 1. The number of carbonyl (C=O) groups excluding carboxylic acids is 1. The van der Waals surface area contributed by atoms with Crippen LogP contribution < -0.4 is 14.5 Å². The summed E-state index contributed by atoms with van der Waals surface area (Å²) < 4.78 is 6.53. The van der Waals surface area contributed by atoms with E-state index in [4.69, 9.17) is 17.0 Å². The average Bonchev–Trinajstić information content (AvgIpc) is 3.06. The summed E-state index contributed by atoms with van der Waals surface area (Å²) in [6.45, 7) is 2.70. The van der Waals surface area contributed by atoms with Gasteiger partial charge in [0.05, 0.1) is 17.2 Å². The third kappa shape index (κ3) is 4.31. The summed E-state index contributed by atoms with van der Waals surface area (Å²) in [4.78, 5) is 17.5. The molecule has 1 fully saturated rings. The lowest BCUT2D eigenvalue weighted by Crippen LogP contribution is -2.27. The van der Waals surface area contributed by atoms with Crippen LogP contribution in [-0.2, 0) is 4.79 Å². The number of hydrogen-bond donors (Lipinski definition) is 0. The number of thioether (sulfide) groups is 1. The minimum atomic E-state index is -0.109. The number of benzene rings is 3. The van der Waals surface area contributed by atoms with Crippen molar-refractivity contribution in [1.29, 1.82) is 0 Å². The number of carbonyl (C=O) groups is 1. The Balaban J connectivity index is 1.73. The lowest BCUT2D eigenvalue weighted by atomic mass is 10.0. The van der Waals surface area contributed by atoms with Gasteiger partial charge in [0.2, 0.25) is 0 Å². The molecule has 1 saturated heterocycles. The second-order valence-corrected chi connectivity index (χ2v) is 9.15. The number of hydrogen-bond acceptors (Lipinski definition) is 5. The molecule has 1 amide bonds. The Hall–Kier alpha value is -2.83. The Labute approximate surface area is 192 Å². The molecule has 0 atom stereocenters. The van der Waals surface area contributed by atoms with Crippen LogP contribution in [0.4, 0.5) is 11.4 Å². The molecule has 0 radical (unpaired) electrons. The fourth-order valence-corrected chi connectivity index (χ4v) is 4.76. The van der Waals surface area contributed by atoms with Gasteiger partial charge in [-0.3, -0.25) is 9.69 Å². The molecule has 31 heavy (non-hydrogen) atoms. The van der Waals surface area contributed by atoms with Crippen LogP contribution in [0.2, 0.25) is 0 Å². The quantitative estimate of drug-likeness (QED) is 0.336. The summed E-state index contributed by atoms with van der Waals surface area (Å²) in [5, 5.41) is 2.16. The van der Waals surface area contributed by atoms with Crippen molar-refractivity contribution in [3.8, 4) is 5.75 Å². The number of fused-ring (bicyclic) bond motifs is 1. The van der Waals surface area contributed by atoms with Crippen molar-refractivity contribution >= 4 is 62.4 Å². The largest absolute Gasteiger partial charge is 0.493 e. The summed E-state index contributed by atoms with van der Waals surface area (Å²) in [7, 11) is 3.97. The van der Waals surface area contributed by atoms with Gasteiger partial charge in [0.15, 0.2) is 4.32 Å². The highest BCUT2D eigenvalue weighted by molar-refractivity contribution is 8.27. The van der Waals surface area contributed by atoms with Crippen molar-refractivity contribution in [2.45, 2.75) is 13.3 Å². The van der Waals surface area contributed by atoms with Gasteiger partial charge in [-0.1, -0.05) is 61.2 Å². The summed E-state index contributed by atoms with van der Waals surface area (Å²) in [5.74, 6) is 0.670. The van der Waals surface area contributed by atoms with Crippen molar-refractivity contribution in [3.63, 3.8) is 0 Å². The predicted molar refractivity (Wildman–Crippen MR) is 136 cm³/mol. The number of rotatable bonds is 6. The first-order valence-corrected chi connectivity index (χ1v) is 11.4. The first-order valence-electron chi connectivity index (χ1n) is 10.2. The zero-order chi connectivity index (χ0) is 22.0. The van der Waals surface area contributed by atoms with E-state index < -0.39 is 0 Å². The van der Waals surface area contributed by atoms with Crippen LogP contribution in [0.5, 0.6) is 5.75 Å². The Morgan fingerprint density at radius 2 is 1.81 bits per heavy atom. The zero-order valence-electron chi connectivity index (χ0n) is 17.8. The molecule has 0 aromatic heterocycles. The first kappa shape index (κ1) is 21.4. The van der Waals surface area contributed by atoms with Crippen LogP contribution >= 0.6 is 24.0 Å². The molecule has 3 aromatic rings. The molecule has 0 bridgehead atoms. The maximum Gasteiger partial charge on any atom is 0.270 e. The molecule has 4 rings (SSSR count). The zero-order valence-corrected chi connectivity index (χ0v) is 19.4. The minimum Gasteiger partial charge on any atom is -0.493 e. The second kappa shape index (κ2) is 9.12. The standard InChI is InChI=1S/C25H24N2O2S2/c1-4-15-29-22-14-9-17-7-5-6-8-20(17)21(22)16-23-24(28)27(25(30)31-23)19-12-10-18(11-13-19)26(2)3/h5-14,16H,4,15H2,1-3H3/b23-16-. The van der Waals surface area contributed by atoms with Crippen molar-refractivity contribution in [2.24, 2.45) is 0 Å². The number of nitrogens with zero attached hydrogens (tertiary/aromatic N) is 2. The fraction of sp³-hybridized carbons (Fsp3) is 0.200. The molecule has 1 heterocycles. The van der Waals surface area contributed by atoms with Crippen LogP contribution in [0.15, 0.2) is 65.6 Å². The fourth-order valence-electron chi connectivity index (χ4n) is 3.48. The highest BCUT2D eigenvalue weighted by Crippen LogP contribution is 2.39. The van der Waals surface area contributed by atoms with Gasteiger partial charge in [0.25, 0.3) is 5.91 Å². The summed E-state index contributed by atoms with van der Waals surface area (Å²) in [5.41, 5.74) is 2.75. The molecule has 0 aliphatic carbocycles. The SMILES string of the molecule is CCCOc1ccc2ccccc2c1/C=C1\SC(=S)N(c2ccc(N(C)C)cc2)C1=O. The van der Waals surface area contributed by atoms with Crippen molar-refractivity contribution in [3.05, 3.63) is 71.1 Å². The first-order chi connectivity index (χ1) is 15.0. The maximum absolute atomic E-state index is 13.3. The van der Waals surface area contributed by atoms with Gasteiger partial charge < -0.3 is 9.64 Å². The topological polar surface area (TPSA) is 32.8 Å². The Morgan fingerprint density at radius 1 is 1.06 bits per heavy atom. The van der Waals surface area contributed by atoms with Gasteiger partial charge in [-0.2, -0.15) is 0 Å². The molecule has 0 N–H and O–H groups in total.